The van der Waals surface area contributed by atoms with Crippen LogP contribution in [0.1, 0.15) is 29.6 Å². The van der Waals surface area contributed by atoms with Crippen LogP contribution in [0.5, 0.6) is 5.75 Å². The Kier molecular flexibility index (Phi) is 3.73. The SMILES string of the molecule is N#CCCN(C(=O)c1ccc(O)c(Cl)c1)C1CC1. The molecule has 1 aliphatic carbocycles. The van der Waals surface area contributed by atoms with Crippen LogP contribution in [-0.2, 0) is 0 Å². The van der Waals surface area contributed by atoms with E-state index in [1.54, 1.807) is 11.0 Å². The number of carbonyl (C=O) groups excluding carboxylic acids is 1. The fraction of sp³-hybridized carbons (Fsp3) is 0.385. The van der Waals surface area contributed by atoms with Gasteiger partial charge in [-0.25, -0.2) is 0 Å². The summed E-state index contributed by atoms with van der Waals surface area (Å²) in [6, 6.07) is 6.71. The smallest absolute Gasteiger partial charge is 0.254 e. The number of hydrogen-bond donors (Lipinski definition) is 1. The number of amides is 1. The first kappa shape index (κ1) is 12.7. The van der Waals surface area contributed by atoms with Crippen LogP contribution in [0.15, 0.2) is 18.2 Å². The maximum absolute atomic E-state index is 12.3. The molecule has 1 N–H and O–H groups in total. The monoisotopic (exact) mass is 264 g/mol. The Bertz CT molecular complexity index is 506. The molecule has 1 fully saturated rings. The first-order valence-corrected chi connectivity index (χ1v) is 6.17. The van der Waals surface area contributed by atoms with Crippen molar-refractivity contribution in [2.24, 2.45) is 0 Å². The zero-order valence-electron chi connectivity index (χ0n) is 9.77. The molecule has 1 aromatic carbocycles. The van der Waals surface area contributed by atoms with Crippen molar-refractivity contribution in [3.63, 3.8) is 0 Å². The Morgan fingerprint density at radius 3 is 2.83 bits per heavy atom. The Morgan fingerprint density at radius 1 is 1.56 bits per heavy atom. The van der Waals surface area contributed by atoms with Crippen molar-refractivity contribution in [2.75, 3.05) is 6.54 Å². The molecule has 1 aromatic rings. The van der Waals surface area contributed by atoms with E-state index in [-0.39, 0.29) is 22.7 Å². The Morgan fingerprint density at radius 2 is 2.28 bits per heavy atom. The molecule has 0 heterocycles. The first-order valence-electron chi connectivity index (χ1n) is 5.80. The lowest BCUT2D eigenvalue weighted by Gasteiger charge is -2.21. The number of phenolic OH excluding ortho intramolecular Hbond substituents is 1. The highest BCUT2D eigenvalue weighted by Gasteiger charge is 2.32. The predicted octanol–water partition coefficient (Wildman–Crippen LogP) is 2.56. The highest BCUT2D eigenvalue weighted by atomic mass is 35.5. The van der Waals surface area contributed by atoms with E-state index in [9.17, 15) is 9.90 Å². The van der Waals surface area contributed by atoms with Crippen LogP contribution in [-0.4, -0.2) is 28.5 Å². The minimum atomic E-state index is -0.130. The minimum Gasteiger partial charge on any atom is -0.506 e. The lowest BCUT2D eigenvalue weighted by molar-refractivity contribution is 0.0747. The molecule has 0 atom stereocenters. The van der Waals surface area contributed by atoms with Gasteiger partial charge in [-0.3, -0.25) is 4.79 Å². The lowest BCUT2D eigenvalue weighted by Crippen LogP contribution is -2.33. The van der Waals surface area contributed by atoms with Crippen molar-refractivity contribution in [1.29, 1.82) is 5.26 Å². The molecular weight excluding hydrogens is 252 g/mol. The highest BCUT2D eigenvalue weighted by molar-refractivity contribution is 6.32. The van der Waals surface area contributed by atoms with Gasteiger partial charge in [0.2, 0.25) is 0 Å². The number of benzene rings is 1. The largest absolute Gasteiger partial charge is 0.506 e. The minimum absolute atomic E-state index is 0.0387. The standard InChI is InChI=1S/C13H13ClN2O2/c14-11-8-9(2-5-12(11)17)13(18)16(7-1-6-15)10-3-4-10/h2,5,8,10,17H,1,3-4,7H2. The van der Waals surface area contributed by atoms with Gasteiger partial charge in [-0.2, -0.15) is 5.26 Å². The van der Waals surface area contributed by atoms with Gasteiger partial charge < -0.3 is 10.0 Å². The van der Waals surface area contributed by atoms with Gasteiger partial charge in [-0.1, -0.05) is 11.6 Å². The summed E-state index contributed by atoms with van der Waals surface area (Å²) in [6.07, 6.45) is 2.31. The number of nitrogens with zero attached hydrogens (tertiary/aromatic N) is 2. The van der Waals surface area contributed by atoms with E-state index in [1.807, 2.05) is 6.07 Å². The summed E-state index contributed by atoms with van der Waals surface area (Å²) in [5, 5.41) is 18.1. The summed E-state index contributed by atoms with van der Waals surface area (Å²) >= 11 is 5.79. The van der Waals surface area contributed by atoms with Gasteiger partial charge >= 0.3 is 0 Å². The molecule has 94 valence electrons. The van der Waals surface area contributed by atoms with Gasteiger partial charge in [0.1, 0.15) is 5.75 Å². The zero-order valence-corrected chi connectivity index (χ0v) is 10.5. The fourth-order valence-corrected chi connectivity index (χ4v) is 1.99. The second-order valence-electron chi connectivity index (χ2n) is 4.30. The van der Waals surface area contributed by atoms with Crippen molar-refractivity contribution < 1.29 is 9.90 Å². The number of rotatable bonds is 4. The summed E-state index contributed by atoms with van der Waals surface area (Å²) in [7, 11) is 0. The molecule has 0 bridgehead atoms. The third-order valence-corrected chi connectivity index (χ3v) is 3.21. The van der Waals surface area contributed by atoms with E-state index in [2.05, 4.69) is 0 Å². The zero-order chi connectivity index (χ0) is 13.1. The van der Waals surface area contributed by atoms with E-state index in [1.165, 1.54) is 12.1 Å². The molecule has 0 unspecified atom stereocenters. The van der Waals surface area contributed by atoms with Gasteiger partial charge in [0.05, 0.1) is 17.5 Å². The molecule has 0 spiro atoms. The van der Waals surface area contributed by atoms with E-state index in [4.69, 9.17) is 16.9 Å². The normalized spacial score (nSPS) is 14.0. The van der Waals surface area contributed by atoms with Crippen molar-refractivity contribution in [3.8, 4) is 11.8 Å². The number of halogens is 1. The maximum atomic E-state index is 12.3. The molecule has 0 aromatic heterocycles. The number of nitriles is 1. The van der Waals surface area contributed by atoms with Crippen LogP contribution in [0.4, 0.5) is 0 Å². The third-order valence-electron chi connectivity index (χ3n) is 2.91. The van der Waals surface area contributed by atoms with Crippen molar-refractivity contribution in [2.45, 2.75) is 25.3 Å². The predicted molar refractivity (Wildman–Crippen MR) is 67.4 cm³/mol. The van der Waals surface area contributed by atoms with Crippen molar-refractivity contribution in [1.82, 2.24) is 4.90 Å². The molecule has 2 rings (SSSR count). The van der Waals surface area contributed by atoms with E-state index in [0.717, 1.165) is 12.8 Å². The maximum Gasteiger partial charge on any atom is 0.254 e. The Balaban J connectivity index is 2.17. The Labute approximate surface area is 110 Å². The topological polar surface area (TPSA) is 64.3 Å². The van der Waals surface area contributed by atoms with Gasteiger partial charge in [0.25, 0.3) is 5.91 Å². The Hall–Kier alpha value is -1.73. The summed E-state index contributed by atoms with van der Waals surface area (Å²) in [6.45, 7) is 0.443. The first-order chi connectivity index (χ1) is 8.63. The molecule has 18 heavy (non-hydrogen) atoms. The highest BCUT2D eigenvalue weighted by Crippen LogP contribution is 2.30. The van der Waals surface area contributed by atoms with Crippen molar-refractivity contribution >= 4 is 17.5 Å². The second kappa shape index (κ2) is 5.28. The number of hydrogen-bond acceptors (Lipinski definition) is 3. The third kappa shape index (κ3) is 2.74. The summed E-state index contributed by atoms with van der Waals surface area (Å²) in [4.78, 5) is 14.0. The fourth-order valence-electron chi connectivity index (χ4n) is 1.81. The molecular formula is C13H13ClN2O2. The van der Waals surface area contributed by atoms with Crippen LogP contribution < -0.4 is 0 Å². The summed E-state index contributed by atoms with van der Waals surface area (Å²) < 4.78 is 0. The molecule has 4 nitrogen and oxygen atoms in total. The van der Waals surface area contributed by atoms with Crippen LogP contribution in [0.3, 0.4) is 0 Å². The second-order valence-corrected chi connectivity index (χ2v) is 4.71. The van der Waals surface area contributed by atoms with Gasteiger partial charge in [-0.15, -0.1) is 0 Å². The average molecular weight is 265 g/mol. The molecule has 0 radical (unpaired) electrons. The van der Waals surface area contributed by atoms with Crippen LogP contribution >= 0.6 is 11.6 Å². The molecule has 0 aliphatic heterocycles. The van der Waals surface area contributed by atoms with E-state index in [0.29, 0.717) is 18.5 Å². The number of carbonyl (C=O) groups is 1. The molecule has 1 saturated carbocycles. The van der Waals surface area contributed by atoms with Crippen LogP contribution in [0.2, 0.25) is 5.02 Å². The summed E-state index contributed by atoms with van der Waals surface area (Å²) in [5.41, 5.74) is 0.447. The van der Waals surface area contributed by atoms with Crippen LogP contribution in [0, 0.1) is 11.3 Å². The molecule has 1 aliphatic rings. The van der Waals surface area contributed by atoms with Gasteiger partial charge in [-0.05, 0) is 31.0 Å². The van der Waals surface area contributed by atoms with Crippen LogP contribution in [0.25, 0.3) is 0 Å². The average Bonchev–Trinajstić information content (AvgIpc) is 3.17. The molecule has 0 saturated heterocycles. The van der Waals surface area contributed by atoms with E-state index < -0.39 is 0 Å². The molecule has 1 amide bonds. The van der Waals surface area contributed by atoms with Gasteiger partial charge in [0, 0.05) is 18.2 Å². The van der Waals surface area contributed by atoms with Crippen molar-refractivity contribution in [3.05, 3.63) is 28.8 Å². The van der Waals surface area contributed by atoms with Gasteiger partial charge in [0.15, 0.2) is 0 Å². The van der Waals surface area contributed by atoms with E-state index >= 15 is 0 Å². The number of phenols is 1. The number of aromatic hydroxyl groups is 1. The quantitative estimate of drug-likeness (QED) is 0.909. The molecule has 5 heteroatoms. The summed E-state index contributed by atoms with van der Waals surface area (Å²) in [5.74, 6) is -0.169. The lowest BCUT2D eigenvalue weighted by atomic mass is 10.2.